The third-order valence-corrected chi connectivity index (χ3v) is 6.52. The molecular weight excluding hydrogens is 370 g/mol. The Labute approximate surface area is 182 Å². The second-order valence-electron chi connectivity index (χ2n) is 8.71. The van der Waals surface area contributed by atoms with E-state index in [1.807, 2.05) is 36.4 Å². The number of likely N-dealkylation sites (tertiary alicyclic amines) is 1. The van der Waals surface area contributed by atoms with E-state index in [0.29, 0.717) is 0 Å². The van der Waals surface area contributed by atoms with Crippen LogP contribution < -0.4 is 0 Å². The molecule has 0 saturated carbocycles. The van der Waals surface area contributed by atoms with Gasteiger partial charge in [0.15, 0.2) is 5.78 Å². The van der Waals surface area contributed by atoms with Crippen molar-refractivity contribution >= 4 is 16.6 Å². The summed E-state index contributed by atoms with van der Waals surface area (Å²) in [5.74, 6) is 0.0733. The highest BCUT2D eigenvalue weighted by atomic mass is 16.5. The first-order valence-electron chi connectivity index (χ1n) is 11.6. The molecule has 1 saturated heterocycles. The summed E-state index contributed by atoms with van der Waals surface area (Å²) < 4.78 is 6.10. The minimum atomic E-state index is -0.439. The van der Waals surface area contributed by atoms with Crippen LogP contribution in [0.25, 0.3) is 10.8 Å². The lowest BCUT2D eigenvalue weighted by Gasteiger charge is -2.40. The highest BCUT2D eigenvalue weighted by molar-refractivity contribution is 6.13. The monoisotopic (exact) mass is 407 g/mol. The van der Waals surface area contributed by atoms with Gasteiger partial charge in [0.1, 0.15) is 5.60 Å². The maximum absolute atomic E-state index is 13.5. The van der Waals surface area contributed by atoms with Crippen molar-refractivity contribution in [3.63, 3.8) is 0 Å². The highest BCUT2D eigenvalue weighted by Crippen LogP contribution is 2.33. The fourth-order valence-electron chi connectivity index (χ4n) is 4.58. The zero-order valence-electron chi connectivity index (χ0n) is 19.0. The number of benzene rings is 2. The van der Waals surface area contributed by atoms with Crippen molar-refractivity contribution in [3.05, 3.63) is 59.8 Å². The molecule has 0 N–H and O–H groups in total. The maximum Gasteiger partial charge on any atom is 0.188 e. The Morgan fingerprint density at radius 1 is 1.03 bits per heavy atom. The van der Waals surface area contributed by atoms with Crippen LogP contribution in [-0.2, 0) is 4.74 Å². The minimum absolute atomic E-state index is 0.0733. The van der Waals surface area contributed by atoms with Gasteiger partial charge in [-0.15, -0.1) is 0 Å². The zero-order valence-corrected chi connectivity index (χ0v) is 19.0. The molecule has 3 nitrogen and oxygen atoms in total. The molecule has 162 valence electrons. The first-order valence-corrected chi connectivity index (χ1v) is 11.6. The van der Waals surface area contributed by atoms with Crippen molar-refractivity contribution in [3.8, 4) is 0 Å². The Morgan fingerprint density at radius 2 is 1.77 bits per heavy atom. The van der Waals surface area contributed by atoms with Crippen LogP contribution in [0.4, 0.5) is 0 Å². The van der Waals surface area contributed by atoms with Crippen molar-refractivity contribution in [2.75, 3.05) is 20.2 Å². The third kappa shape index (κ3) is 5.31. The SMILES string of the molecule is CCCCCCC(C)(OC)/C(=C/C(=O)c1cccc2ccccc12)N1CCCCC1. The summed E-state index contributed by atoms with van der Waals surface area (Å²) in [5.41, 5.74) is 1.39. The van der Waals surface area contributed by atoms with E-state index in [1.54, 1.807) is 7.11 Å². The smallest absolute Gasteiger partial charge is 0.188 e. The lowest BCUT2D eigenvalue weighted by Crippen LogP contribution is -2.42. The zero-order chi connectivity index (χ0) is 21.4. The first kappa shape index (κ1) is 22.6. The molecule has 2 aromatic rings. The number of ketones is 1. The van der Waals surface area contributed by atoms with Crippen molar-refractivity contribution < 1.29 is 9.53 Å². The quantitative estimate of drug-likeness (QED) is 0.247. The Bertz CT molecular complexity index is 861. The van der Waals surface area contributed by atoms with Gasteiger partial charge in [-0.2, -0.15) is 0 Å². The minimum Gasteiger partial charge on any atom is -0.372 e. The molecule has 1 aliphatic heterocycles. The van der Waals surface area contributed by atoms with Crippen LogP contribution in [-0.4, -0.2) is 36.5 Å². The molecule has 1 atom stereocenters. The number of fused-ring (bicyclic) bond motifs is 1. The number of nitrogens with zero attached hydrogens (tertiary/aromatic N) is 1. The number of carbonyl (C=O) groups is 1. The van der Waals surface area contributed by atoms with Crippen LogP contribution >= 0.6 is 0 Å². The second kappa shape index (κ2) is 10.8. The van der Waals surface area contributed by atoms with E-state index in [0.717, 1.165) is 48.0 Å². The average Bonchev–Trinajstić information content (AvgIpc) is 2.80. The van der Waals surface area contributed by atoms with Gasteiger partial charge in [-0.3, -0.25) is 4.79 Å². The number of ether oxygens (including phenoxy) is 1. The molecular formula is C27H37NO2. The number of methoxy groups -OCH3 is 1. The number of piperidine rings is 1. The maximum atomic E-state index is 13.5. The molecule has 1 fully saturated rings. The van der Waals surface area contributed by atoms with Gasteiger partial charge >= 0.3 is 0 Å². The van der Waals surface area contributed by atoms with Crippen molar-refractivity contribution in [2.24, 2.45) is 0 Å². The van der Waals surface area contributed by atoms with Gasteiger partial charge in [-0.1, -0.05) is 75.1 Å². The van der Waals surface area contributed by atoms with E-state index in [-0.39, 0.29) is 5.78 Å². The van der Waals surface area contributed by atoms with Crippen LogP contribution in [0.1, 0.15) is 75.6 Å². The predicted molar refractivity (Wildman–Crippen MR) is 126 cm³/mol. The Balaban J connectivity index is 1.95. The van der Waals surface area contributed by atoms with Crippen LogP contribution in [0, 0.1) is 0 Å². The summed E-state index contributed by atoms with van der Waals surface area (Å²) in [6.07, 6.45) is 11.2. The number of rotatable bonds is 10. The topological polar surface area (TPSA) is 29.5 Å². The van der Waals surface area contributed by atoms with Crippen LogP contribution in [0.15, 0.2) is 54.2 Å². The van der Waals surface area contributed by atoms with Gasteiger partial charge < -0.3 is 9.64 Å². The van der Waals surface area contributed by atoms with Gasteiger partial charge in [-0.05, 0) is 43.4 Å². The number of carbonyl (C=O) groups excluding carboxylic acids is 1. The number of hydrogen-bond acceptors (Lipinski definition) is 3. The summed E-state index contributed by atoms with van der Waals surface area (Å²) in [5, 5.41) is 2.12. The molecule has 0 aliphatic carbocycles. The molecule has 0 radical (unpaired) electrons. The van der Waals surface area contributed by atoms with E-state index < -0.39 is 5.60 Å². The first-order chi connectivity index (χ1) is 14.6. The summed E-state index contributed by atoms with van der Waals surface area (Å²) >= 11 is 0. The summed E-state index contributed by atoms with van der Waals surface area (Å²) in [6.45, 7) is 6.40. The highest BCUT2D eigenvalue weighted by Gasteiger charge is 2.33. The molecule has 1 heterocycles. The second-order valence-corrected chi connectivity index (χ2v) is 8.71. The van der Waals surface area contributed by atoms with E-state index in [2.05, 4.69) is 30.9 Å². The van der Waals surface area contributed by atoms with E-state index in [4.69, 9.17) is 4.74 Å². The predicted octanol–water partition coefficient (Wildman–Crippen LogP) is 6.77. The number of allylic oxidation sites excluding steroid dienone is 1. The van der Waals surface area contributed by atoms with Gasteiger partial charge in [-0.25, -0.2) is 0 Å². The van der Waals surface area contributed by atoms with Gasteiger partial charge in [0.2, 0.25) is 0 Å². The normalized spacial score (nSPS) is 17.2. The Morgan fingerprint density at radius 3 is 2.50 bits per heavy atom. The molecule has 2 aromatic carbocycles. The van der Waals surface area contributed by atoms with Gasteiger partial charge in [0.05, 0.1) is 0 Å². The van der Waals surface area contributed by atoms with Crippen LogP contribution in [0.5, 0.6) is 0 Å². The van der Waals surface area contributed by atoms with E-state index >= 15 is 0 Å². The Hall–Kier alpha value is -2.13. The molecule has 0 amide bonds. The lowest BCUT2D eigenvalue weighted by molar-refractivity contribution is 0.00211. The summed E-state index contributed by atoms with van der Waals surface area (Å²) in [6, 6.07) is 14.1. The fourth-order valence-corrected chi connectivity index (χ4v) is 4.58. The summed E-state index contributed by atoms with van der Waals surface area (Å²) in [7, 11) is 1.79. The third-order valence-electron chi connectivity index (χ3n) is 6.52. The lowest BCUT2D eigenvalue weighted by atomic mass is 9.90. The van der Waals surface area contributed by atoms with Crippen molar-refractivity contribution in [2.45, 2.75) is 70.8 Å². The van der Waals surface area contributed by atoms with Gasteiger partial charge in [0.25, 0.3) is 0 Å². The largest absolute Gasteiger partial charge is 0.372 e. The summed E-state index contributed by atoms with van der Waals surface area (Å²) in [4.78, 5) is 15.9. The van der Waals surface area contributed by atoms with E-state index in [1.165, 1.54) is 38.5 Å². The molecule has 0 aromatic heterocycles. The van der Waals surface area contributed by atoms with Crippen LogP contribution in [0.3, 0.4) is 0 Å². The molecule has 30 heavy (non-hydrogen) atoms. The molecule has 3 rings (SSSR count). The molecule has 0 bridgehead atoms. The van der Waals surface area contributed by atoms with Gasteiger partial charge in [0, 0.05) is 37.5 Å². The average molecular weight is 408 g/mol. The standard InChI is InChI=1S/C27H37NO2/c1-4-5-6-10-18-27(2,30-3)26(28-19-11-7-12-20-28)21-25(29)24-17-13-15-22-14-8-9-16-23(22)24/h8-9,13-17,21H,4-7,10-12,18-20H2,1-3H3/b26-21-. The fraction of sp³-hybridized carbons (Fsp3) is 0.519. The van der Waals surface area contributed by atoms with E-state index in [9.17, 15) is 4.79 Å². The van der Waals surface area contributed by atoms with Crippen molar-refractivity contribution in [1.29, 1.82) is 0 Å². The molecule has 3 heteroatoms. The van der Waals surface area contributed by atoms with Crippen LogP contribution in [0.2, 0.25) is 0 Å². The molecule has 1 aliphatic rings. The van der Waals surface area contributed by atoms with Crippen molar-refractivity contribution in [1.82, 2.24) is 4.90 Å². The number of unbranched alkanes of at least 4 members (excludes halogenated alkanes) is 3. The Kier molecular flexibility index (Phi) is 8.09. The number of hydrogen-bond donors (Lipinski definition) is 0. The molecule has 1 unspecified atom stereocenters. The molecule has 0 spiro atoms.